The molecule has 0 atom stereocenters. The van der Waals surface area contributed by atoms with Gasteiger partial charge in [0, 0.05) is 30.6 Å². The standard InChI is InChI=1S/C19H18N4O2S2/c1-12(24)21-10-13-5-7-14(8-6-13)16-11-27-19(22-16)23-17(25)15-4-3-9-20-18(15)26-2/h3-9,11H,10H2,1-2H3,(H,21,24)(H,22,23,25). The molecule has 2 aromatic heterocycles. The van der Waals surface area contributed by atoms with Crippen molar-refractivity contribution in [3.8, 4) is 11.3 Å². The van der Waals surface area contributed by atoms with Crippen LogP contribution in [0.5, 0.6) is 0 Å². The van der Waals surface area contributed by atoms with Gasteiger partial charge in [-0.2, -0.15) is 0 Å². The number of aromatic nitrogens is 2. The molecule has 0 aliphatic heterocycles. The molecule has 138 valence electrons. The van der Waals surface area contributed by atoms with E-state index in [1.165, 1.54) is 30.0 Å². The quantitative estimate of drug-likeness (QED) is 0.617. The normalized spacial score (nSPS) is 10.4. The van der Waals surface area contributed by atoms with Crippen molar-refractivity contribution >= 4 is 40.0 Å². The van der Waals surface area contributed by atoms with Crippen LogP contribution in [0.1, 0.15) is 22.8 Å². The van der Waals surface area contributed by atoms with Gasteiger partial charge < -0.3 is 5.32 Å². The summed E-state index contributed by atoms with van der Waals surface area (Å²) in [4.78, 5) is 32.2. The maximum Gasteiger partial charge on any atom is 0.260 e. The first-order valence-corrected chi connectivity index (χ1v) is 10.3. The van der Waals surface area contributed by atoms with Crippen molar-refractivity contribution in [3.05, 3.63) is 59.1 Å². The zero-order chi connectivity index (χ0) is 19.2. The van der Waals surface area contributed by atoms with Crippen LogP contribution in [0.25, 0.3) is 11.3 Å². The molecule has 0 unspecified atom stereocenters. The minimum Gasteiger partial charge on any atom is -0.352 e. The highest BCUT2D eigenvalue weighted by Crippen LogP contribution is 2.26. The van der Waals surface area contributed by atoms with Crippen molar-refractivity contribution in [2.45, 2.75) is 18.5 Å². The minimum atomic E-state index is -0.223. The van der Waals surface area contributed by atoms with Gasteiger partial charge >= 0.3 is 0 Å². The molecular formula is C19H18N4O2S2. The maximum absolute atomic E-state index is 12.5. The monoisotopic (exact) mass is 398 g/mol. The molecule has 0 saturated heterocycles. The van der Waals surface area contributed by atoms with E-state index in [4.69, 9.17) is 0 Å². The summed E-state index contributed by atoms with van der Waals surface area (Å²) < 4.78 is 0. The molecule has 2 amide bonds. The van der Waals surface area contributed by atoms with E-state index in [1.807, 2.05) is 35.9 Å². The molecule has 6 nitrogen and oxygen atoms in total. The lowest BCUT2D eigenvalue weighted by Gasteiger charge is -2.05. The second kappa shape index (κ2) is 8.79. The van der Waals surface area contributed by atoms with Crippen LogP contribution < -0.4 is 10.6 Å². The van der Waals surface area contributed by atoms with Crippen LogP contribution in [0, 0.1) is 0 Å². The molecule has 0 radical (unpaired) electrons. The number of carbonyl (C=O) groups excluding carboxylic acids is 2. The molecule has 0 bridgehead atoms. The Balaban J connectivity index is 1.69. The molecule has 2 N–H and O–H groups in total. The van der Waals surface area contributed by atoms with Crippen molar-refractivity contribution < 1.29 is 9.59 Å². The average molecular weight is 399 g/mol. The number of hydrogen-bond acceptors (Lipinski definition) is 6. The second-order valence-electron chi connectivity index (χ2n) is 5.66. The van der Waals surface area contributed by atoms with Gasteiger partial charge in [-0.25, -0.2) is 9.97 Å². The van der Waals surface area contributed by atoms with Gasteiger partial charge in [-0.15, -0.1) is 23.1 Å². The number of amides is 2. The molecule has 2 heterocycles. The fourth-order valence-corrected chi connectivity index (χ4v) is 3.64. The molecule has 1 aromatic carbocycles. The Bertz CT molecular complexity index is 954. The van der Waals surface area contributed by atoms with Gasteiger partial charge in [0.05, 0.1) is 11.3 Å². The topological polar surface area (TPSA) is 84.0 Å². The van der Waals surface area contributed by atoms with Crippen molar-refractivity contribution in [1.82, 2.24) is 15.3 Å². The molecule has 0 aliphatic carbocycles. The highest BCUT2D eigenvalue weighted by molar-refractivity contribution is 7.98. The number of hydrogen-bond donors (Lipinski definition) is 2. The Kier molecular flexibility index (Phi) is 6.20. The number of rotatable bonds is 6. The Morgan fingerprint density at radius 2 is 1.96 bits per heavy atom. The van der Waals surface area contributed by atoms with Crippen molar-refractivity contribution in [1.29, 1.82) is 0 Å². The average Bonchev–Trinajstić information content (AvgIpc) is 3.15. The number of nitrogens with zero attached hydrogens (tertiary/aromatic N) is 2. The van der Waals surface area contributed by atoms with Gasteiger partial charge in [0.1, 0.15) is 5.03 Å². The third-order valence-electron chi connectivity index (χ3n) is 3.72. The largest absolute Gasteiger partial charge is 0.352 e. The first-order valence-electron chi connectivity index (χ1n) is 8.16. The van der Waals surface area contributed by atoms with Crippen LogP contribution in [0.3, 0.4) is 0 Å². The van der Waals surface area contributed by atoms with Gasteiger partial charge in [-0.1, -0.05) is 24.3 Å². The minimum absolute atomic E-state index is 0.0581. The molecule has 0 fully saturated rings. The fourth-order valence-electron chi connectivity index (χ4n) is 2.37. The molecule has 27 heavy (non-hydrogen) atoms. The Labute approximate surface area is 165 Å². The summed E-state index contributed by atoms with van der Waals surface area (Å²) >= 11 is 2.80. The molecular weight excluding hydrogens is 380 g/mol. The summed E-state index contributed by atoms with van der Waals surface area (Å²) in [6.07, 6.45) is 3.55. The predicted octanol–water partition coefficient (Wildman–Crippen LogP) is 3.82. The Morgan fingerprint density at radius 1 is 1.19 bits per heavy atom. The van der Waals surface area contributed by atoms with Crippen LogP contribution in [0.2, 0.25) is 0 Å². The number of pyridine rings is 1. The van der Waals surface area contributed by atoms with E-state index in [1.54, 1.807) is 18.3 Å². The van der Waals surface area contributed by atoms with E-state index >= 15 is 0 Å². The van der Waals surface area contributed by atoms with Gasteiger partial charge in [-0.05, 0) is 24.0 Å². The van der Waals surface area contributed by atoms with Gasteiger partial charge in [0.25, 0.3) is 5.91 Å². The first-order chi connectivity index (χ1) is 13.1. The van der Waals surface area contributed by atoms with E-state index in [0.29, 0.717) is 22.3 Å². The third kappa shape index (κ3) is 4.93. The lowest BCUT2D eigenvalue weighted by Crippen LogP contribution is -2.18. The summed E-state index contributed by atoms with van der Waals surface area (Å²) in [7, 11) is 0. The van der Waals surface area contributed by atoms with Crippen LogP contribution in [-0.4, -0.2) is 28.0 Å². The third-order valence-corrected chi connectivity index (χ3v) is 5.19. The van der Waals surface area contributed by atoms with Crippen LogP contribution in [0.4, 0.5) is 5.13 Å². The SMILES string of the molecule is CSc1ncccc1C(=O)Nc1nc(-c2ccc(CNC(C)=O)cc2)cs1. The molecule has 8 heteroatoms. The number of benzene rings is 1. The van der Waals surface area contributed by atoms with Crippen LogP contribution >= 0.6 is 23.1 Å². The first kappa shape index (κ1) is 19.1. The highest BCUT2D eigenvalue weighted by atomic mass is 32.2. The van der Waals surface area contributed by atoms with Crippen LogP contribution in [-0.2, 0) is 11.3 Å². The zero-order valence-electron chi connectivity index (χ0n) is 14.9. The number of anilines is 1. The van der Waals surface area contributed by atoms with E-state index < -0.39 is 0 Å². The number of thiazole rings is 1. The predicted molar refractivity (Wildman–Crippen MR) is 109 cm³/mol. The molecule has 0 aliphatic rings. The maximum atomic E-state index is 12.5. The van der Waals surface area contributed by atoms with Crippen molar-refractivity contribution in [2.75, 3.05) is 11.6 Å². The molecule has 3 rings (SSSR count). The van der Waals surface area contributed by atoms with Gasteiger partial charge in [0.15, 0.2) is 5.13 Å². The summed E-state index contributed by atoms with van der Waals surface area (Å²) in [5.74, 6) is -0.281. The zero-order valence-corrected chi connectivity index (χ0v) is 16.5. The van der Waals surface area contributed by atoms with Crippen molar-refractivity contribution in [2.24, 2.45) is 0 Å². The molecule has 0 spiro atoms. The van der Waals surface area contributed by atoms with E-state index in [0.717, 1.165) is 16.8 Å². The van der Waals surface area contributed by atoms with E-state index in [-0.39, 0.29) is 11.8 Å². The lowest BCUT2D eigenvalue weighted by molar-refractivity contribution is -0.119. The van der Waals surface area contributed by atoms with Crippen LogP contribution in [0.15, 0.2) is 53.0 Å². The van der Waals surface area contributed by atoms with Crippen molar-refractivity contribution in [3.63, 3.8) is 0 Å². The second-order valence-corrected chi connectivity index (χ2v) is 7.31. The highest BCUT2D eigenvalue weighted by Gasteiger charge is 2.14. The Hall–Kier alpha value is -2.71. The van der Waals surface area contributed by atoms with E-state index in [2.05, 4.69) is 20.6 Å². The smallest absolute Gasteiger partial charge is 0.260 e. The summed E-state index contributed by atoms with van der Waals surface area (Å²) in [5, 5.41) is 8.72. The van der Waals surface area contributed by atoms with Gasteiger partial charge in [0.2, 0.25) is 5.91 Å². The van der Waals surface area contributed by atoms with E-state index in [9.17, 15) is 9.59 Å². The summed E-state index contributed by atoms with van der Waals surface area (Å²) in [5.41, 5.74) is 3.28. The lowest BCUT2D eigenvalue weighted by atomic mass is 10.1. The summed E-state index contributed by atoms with van der Waals surface area (Å²) in [6, 6.07) is 11.3. The number of thioether (sulfide) groups is 1. The molecule has 3 aromatic rings. The number of nitrogens with one attached hydrogen (secondary N) is 2. The van der Waals surface area contributed by atoms with Gasteiger partial charge in [-0.3, -0.25) is 14.9 Å². The fraction of sp³-hybridized carbons (Fsp3) is 0.158. The Morgan fingerprint density at radius 3 is 2.67 bits per heavy atom. The number of carbonyl (C=O) groups is 2. The molecule has 0 saturated carbocycles. The summed E-state index contributed by atoms with van der Waals surface area (Å²) in [6.45, 7) is 1.99.